The van der Waals surface area contributed by atoms with E-state index in [4.69, 9.17) is 9.97 Å². The van der Waals surface area contributed by atoms with Crippen molar-refractivity contribution in [2.24, 2.45) is 0 Å². The highest BCUT2D eigenvalue weighted by Gasteiger charge is 2.20. The molecule has 0 saturated carbocycles. The summed E-state index contributed by atoms with van der Waals surface area (Å²) >= 11 is 0. The molecule has 3 heterocycles. The summed E-state index contributed by atoms with van der Waals surface area (Å²) in [7, 11) is 0. The molecule has 3 aromatic heterocycles. The molecule has 0 atom stereocenters. The van der Waals surface area contributed by atoms with Crippen molar-refractivity contribution < 1.29 is 0 Å². The second-order valence-corrected chi connectivity index (χ2v) is 12.7. The van der Waals surface area contributed by atoms with E-state index in [1.807, 2.05) is 12.1 Å². The van der Waals surface area contributed by atoms with Crippen molar-refractivity contribution in [1.82, 2.24) is 19.1 Å². The molecule has 0 aliphatic heterocycles. The number of nitrogens with zero attached hydrogens (tertiary/aromatic N) is 4. The minimum atomic E-state index is 0.649. The molecule has 0 unspecified atom stereocenters. The van der Waals surface area contributed by atoms with E-state index < -0.39 is 0 Å². The minimum Gasteiger partial charge on any atom is -0.309 e. The Kier molecular flexibility index (Phi) is 6.46. The van der Waals surface area contributed by atoms with Crippen LogP contribution in [0, 0.1) is 0 Å². The summed E-state index contributed by atoms with van der Waals surface area (Å²) in [4.78, 5) is 10.5. The molecule has 10 aromatic rings. The van der Waals surface area contributed by atoms with Crippen molar-refractivity contribution in [2.75, 3.05) is 0 Å². The molecule has 10 rings (SSSR count). The fourth-order valence-electron chi connectivity index (χ4n) is 7.41. The van der Waals surface area contributed by atoms with E-state index in [1.54, 1.807) is 0 Å². The van der Waals surface area contributed by atoms with Crippen molar-refractivity contribution in [3.63, 3.8) is 0 Å². The Morgan fingerprint density at radius 1 is 0.300 bits per heavy atom. The highest BCUT2D eigenvalue weighted by Crippen LogP contribution is 2.40. The number of rotatable bonds is 5. The van der Waals surface area contributed by atoms with Crippen LogP contribution in [0.5, 0.6) is 0 Å². The van der Waals surface area contributed by atoms with Gasteiger partial charge >= 0.3 is 0 Å². The number of aromatic nitrogens is 4. The van der Waals surface area contributed by atoms with Gasteiger partial charge in [-0.05, 0) is 53.6 Å². The van der Waals surface area contributed by atoms with Crippen LogP contribution in [0.1, 0.15) is 0 Å². The van der Waals surface area contributed by atoms with Crippen LogP contribution in [0.15, 0.2) is 182 Å². The van der Waals surface area contributed by atoms with Gasteiger partial charge in [-0.15, -0.1) is 0 Å². The van der Waals surface area contributed by atoms with Gasteiger partial charge in [-0.25, -0.2) is 9.97 Å². The second kappa shape index (κ2) is 11.4. The standard InChI is InChI=1S/C46H30N4/c1-4-14-31(15-5-1)32-24-26-35(27-25-32)49-42-22-12-10-20-36(42)38-29-45-39(28-44(38)49)37-21-11-13-23-43(37)50(45)46-47-40(33-16-6-2-7-17-33)30-41(48-46)34-18-8-3-9-19-34/h1-30H. The van der Waals surface area contributed by atoms with Crippen molar-refractivity contribution in [3.05, 3.63) is 182 Å². The first kappa shape index (κ1) is 28.3. The van der Waals surface area contributed by atoms with E-state index >= 15 is 0 Å². The first-order chi connectivity index (χ1) is 24.8. The third-order valence-corrected chi connectivity index (χ3v) is 9.75. The molecule has 0 bridgehead atoms. The highest BCUT2D eigenvalue weighted by atomic mass is 15.2. The SMILES string of the molecule is c1ccc(-c2ccc(-n3c4ccccc4c4cc5c(cc43)c3ccccc3n5-c3nc(-c4ccccc4)cc(-c4ccccc4)n3)cc2)cc1. The smallest absolute Gasteiger partial charge is 0.235 e. The normalized spacial score (nSPS) is 11.6. The van der Waals surface area contributed by atoms with E-state index in [-0.39, 0.29) is 0 Å². The average molecular weight is 639 g/mol. The zero-order chi connectivity index (χ0) is 33.0. The van der Waals surface area contributed by atoms with Crippen molar-refractivity contribution in [3.8, 4) is 45.3 Å². The molecule has 4 nitrogen and oxygen atoms in total. The molecule has 0 aliphatic rings. The number of fused-ring (bicyclic) bond motifs is 6. The average Bonchev–Trinajstić information content (AvgIpc) is 3.70. The maximum absolute atomic E-state index is 5.25. The fraction of sp³-hybridized carbons (Fsp3) is 0. The minimum absolute atomic E-state index is 0.649. The van der Waals surface area contributed by atoms with E-state index in [2.05, 4.69) is 179 Å². The Bertz CT molecular complexity index is 2770. The number of hydrogen-bond acceptors (Lipinski definition) is 2. The molecule has 50 heavy (non-hydrogen) atoms. The van der Waals surface area contributed by atoms with Crippen molar-refractivity contribution in [2.45, 2.75) is 0 Å². The van der Waals surface area contributed by atoms with Gasteiger partial charge in [0.05, 0.1) is 33.5 Å². The lowest BCUT2D eigenvalue weighted by molar-refractivity contribution is 0.996. The molecule has 0 saturated heterocycles. The Morgan fingerprint density at radius 3 is 1.26 bits per heavy atom. The number of hydrogen-bond donors (Lipinski definition) is 0. The fourth-order valence-corrected chi connectivity index (χ4v) is 7.41. The summed E-state index contributed by atoms with van der Waals surface area (Å²) in [6, 6.07) is 64.3. The molecule has 4 heteroatoms. The Labute approximate surface area is 289 Å². The molecule has 7 aromatic carbocycles. The number of benzene rings is 7. The maximum Gasteiger partial charge on any atom is 0.235 e. The van der Waals surface area contributed by atoms with Crippen LogP contribution in [-0.4, -0.2) is 19.1 Å². The van der Waals surface area contributed by atoms with Crippen molar-refractivity contribution >= 4 is 43.6 Å². The van der Waals surface area contributed by atoms with Crippen LogP contribution in [0.25, 0.3) is 88.9 Å². The van der Waals surface area contributed by atoms with Gasteiger partial charge < -0.3 is 4.57 Å². The van der Waals surface area contributed by atoms with Crippen LogP contribution in [0.2, 0.25) is 0 Å². The lowest BCUT2D eigenvalue weighted by atomic mass is 10.1. The predicted molar refractivity (Wildman–Crippen MR) is 207 cm³/mol. The third-order valence-electron chi connectivity index (χ3n) is 9.75. The summed E-state index contributed by atoms with van der Waals surface area (Å²) in [5, 5.41) is 4.72. The molecule has 0 fully saturated rings. The van der Waals surface area contributed by atoms with Crippen molar-refractivity contribution in [1.29, 1.82) is 0 Å². The van der Waals surface area contributed by atoms with E-state index in [1.165, 1.54) is 27.4 Å². The lowest BCUT2D eigenvalue weighted by Gasteiger charge is -2.12. The molecule has 234 valence electrons. The van der Waals surface area contributed by atoms with Gasteiger partial charge in [0, 0.05) is 38.4 Å². The first-order valence-electron chi connectivity index (χ1n) is 16.9. The van der Waals surface area contributed by atoms with Crippen LogP contribution < -0.4 is 0 Å². The van der Waals surface area contributed by atoms with Crippen LogP contribution in [0.3, 0.4) is 0 Å². The Balaban J connectivity index is 1.25. The van der Waals surface area contributed by atoms with Crippen LogP contribution in [-0.2, 0) is 0 Å². The quantitative estimate of drug-likeness (QED) is 0.188. The van der Waals surface area contributed by atoms with Gasteiger partial charge in [0.15, 0.2) is 0 Å². The molecular weight excluding hydrogens is 609 g/mol. The van der Waals surface area contributed by atoms with Crippen LogP contribution >= 0.6 is 0 Å². The Hall–Kier alpha value is -6.78. The van der Waals surface area contributed by atoms with E-state index in [0.717, 1.165) is 55.5 Å². The van der Waals surface area contributed by atoms with Gasteiger partial charge in [-0.1, -0.05) is 140 Å². The molecule has 0 N–H and O–H groups in total. The molecule has 0 spiro atoms. The zero-order valence-corrected chi connectivity index (χ0v) is 27.1. The molecule has 0 radical (unpaired) electrons. The molecule has 0 aliphatic carbocycles. The lowest BCUT2D eigenvalue weighted by Crippen LogP contribution is -2.04. The van der Waals surface area contributed by atoms with Crippen LogP contribution in [0.4, 0.5) is 0 Å². The monoisotopic (exact) mass is 638 g/mol. The van der Waals surface area contributed by atoms with Gasteiger partial charge in [-0.3, -0.25) is 4.57 Å². The number of para-hydroxylation sites is 2. The zero-order valence-electron chi connectivity index (χ0n) is 27.1. The summed E-state index contributed by atoms with van der Waals surface area (Å²) in [5.41, 5.74) is 11.9. The largest absolute Gasteiger partial charge is 0.309 e. The topological polar surface area (TPSA) is 35.6 Å². The van der Waals surface area contributed by atoms with Gasteiger partial charge in [0.25, 0.3) is 0 Å². The summed E-state index contributed by atoms with van der Waals surface area (Å²) in [6.07, 6.45) is 0. The summed E-state index contributed by atoms with van der Waals surface area (Å²) in [5.74, 6) is 0.649. The first-order valence-corrected chi connectivity index (χ1v) is 16.9. The third kappa shape index (κ3) is 4.54. The predicted octanol–water partition coefficient (Wildman–Crippen LogP) is 11.7. The summed E-state index contributed by atoms with van der Waals surface area (Å²) in [6.45, 7) is 0. The van der Waals surface area contributed by atoms with Gasteiger partial charge in [-0.2, -0.15) is 0 Å². The van der Waals surface area contributed by atoms with E-state index in [9.17, 15) is 0 Å². The summed E-state index contributed by atoms with van der Waals surface area (Å²) < 4.78 is 4.63. The van der Waals surface area contributed by atoms with E-state index in [0.29, 0.717) is 5.95 Å². The molecular formula is C46H30N4. The molecule has 0 amide bonds. The highest BCUT2D eigenvalue weighted by molar-refractivity contribution is 6.18. The van der Waals surface area contributed by atoms with Gasteiger partial charge in [0.1, 0.15) is 0 Å². The maximum atomic E-state index is 5.25. The second-order valence-electron chi connectivity index (χ2n) is 12.7. The van der Waals surface area contributed by atoms with Gasteiger partial charge in [0.2, 0.25) is 5.95 Å². The Morgan fingerprint density at radius 2 is 0.720 bits per heavy atom.